The minimum Gasteiger partial charge on any atom is -0.355 e. The van der Waals surface area contributed by atoms with Gasteiger partial charge in [0.05, 0.1) is 0 Å². The zero-order chi connectivity index (χ0) is 17.4. The van der Waals surface area contributed by atoms with Gasteiger partial charge in [0.15, 0.2) is 5.96 Å². The molecule has 1 aromatic rings. The van der Waals surface area contributed by atoms with Gasteiger partial charge in [-0.1, -0.05) is 30.7 Å². The molecule has 5 nitrogen and oxygen atoms in total. The molecule has 0 aromatic heterocycles. The molecule has 1 aliphatic rings. The van der Waals surface area contributed by atoms with Crippen molar-refractivity contribution in [1.29, 1.82) is 0 Å². The van der Waals surface area contributed by atoms with Crippen molar-refractivity contribution < 1.29 is 0 Å². The number of nitrogens with zero attached hydrogens (tertiary/aromatic N) is 3. The zero-order valence-electron chi connectivity index (χ0n) is 16.1. The number of likely N-dealkylation sites (N-methyl/N-ethyl adjacent to an activating group) is 1. The molecule has 0 radical (unpaired) electrons. The van der Waals surface area contributed by atoms with Crippen LogP contribution in [-0.4, -0.2) is 68.6 Å². The van der Waals surface area contributed by atoms with Gasteiger partial charge >= 0.3 is 0 Å². The summed E-state index contributed by atoms with van der Waals surface area (Å²) in [6.07, 6.45) is 0. The molecular formula is C19H34IN5. The van der Waals surface area contributed by atoms with Crippen molar-refractivity contribution in [3.05, 3.63) is 34.9 Å². The minimum absolute atomic E-state index is 0. The fourth-order valence-corrected chi connectivity index (χ4v) is 3.11. The Morgan fingerprint density at radius 2 is 1.76 bits per heavy atom. The lowest BCUT2D eigenvalue weighted by Crippen LogP contribution is -2.49. The predicted octanol–water partition coefficient (Wildman–Crippen LogP) is 2.22. The van der Waals surface area contributed by atoms with Crippen LogP contribution >= 0.6 is 24.0 Å². The van der Waals surface area contributed by atoms with Crippen LogP contribution in [0, 0.1) is 13.8 Å². The molecule has 25 heavy (non-hydrogen) atoms. The van der Waals surface area contributed by atoms with E-state index in [0.29, 0.717) is 0 Å². The summed E-state index contributed by atoms with van der Waals surface area (Å²) < 4.78 is 0. The fourth-order valence-electron chi connectivity index (χ4n) is 3.11. The molecule has 0 bridgehead atoms. The molecule has 2 rings (SSSR count). The number of piperazine rings is 1. The van der Waals surface area contributed by atoms with Crippen LogP contribution in [0.25, 0.3) is 0 Å². The Morgan fingerprint density at radius 1 is 1.08 bits per heavy atom. The van der Waals surface area contributed by atoms with E-state index in [2.05, 4.69) is 64.4 Å². The standard InChI is InChI=1S/C19H33N5.HI/c1-5-23-10-12-24(13-11-23)9-8-21-19(20-4)22-15-18-7-6-16(2)14-17(18)3;/h6-7,14H,5,8-13,15H2,1-4H3,(H2,20,21,22);1H. The van der Waals surface area contributed by atoms with E-state index in [9.17, 15) is 0 Å². The van der Waals surface area contributed by atoms with Crippen LogP contribution in [0.3, 0.4) is 0 Å². The Balaban J connectivity index is 0.00000312. The molecule has 0 amide bonds. The lowest BCUT2D eigenvalue weighted by atomic mass is 10.1. The smallest absolute Gasteiger partial charge is 0.191 e. The van der Waals surface area contributed by atoms with Crippen molar-refractivity contribution in [3.63, 3.8) is 0 Å². The summed E-state index contributed by atoms with van der Waals surface area (Å²) >= 11 is 0. The highest BCUT2D eigenvalue weighted by molar-refractivity contribution is 14.0. The highest BCUT2D eigenvalue weighted by Crippen LogP contribution is 2.09. The largest absolute Gasteiger partial charge is 0.355 e. The Morgan fingerprint density at radius 3 is 2.36 bits per heavy atom. The Labute approximate surface area is 170 Å². The third-order valence-electron chi connectivity index (χ3n) is 4.80. The number of rotatable bonds is 6. The zero-order valence-corrected chi connectivity index (χ0v) is 18.5. The molecule has 0 spiro atoms. The number of nitrogens with one attached hydrogen (secondary N) is 2. The van der Waals surface area contributed by atoms with E-state index in [-0.39, 0.29) is 24.0 Å². The molecule has 1 heterocycles. The van der Waals surface area contributed by atoms with Crippen molar-refractivity contribution in [2.75, 3.05) is 52.9 Å². The van der Waals surface area contributed by atoms with Gasteiger partial charge in [-0.05, 0) is 31.5 Å². The van der Waals surface area contributed by atoms with Crippen molar-refractivity contribution in [2.24, 2.45) is 4.99 Å². The molecule has 1 aromatic carbocycles. The van der Waals surface area contributed by atoms with Gasteiger partial charge in [-0.15, -0.1) is 24.0 Å². The maximum Gasteiger partial charge on any atom is 0.191 e. The number of halogens is 1. The summed E-state index contributed by atoms with van der Waals surface area (Å²) in [6, 6.07) is 6.58. The van der Waals surface area contributed by atoms with Crippen molar-refractivity contribution in [1.82, 2.24) is 20.4 Å². The second-order valence-corrected chi connectivity index (χ2v) is 6.56. The summed E-state index contributed by atoms with van der Waals surface area (Å²) in [5.41, 5.74) is 3.95. The molecule has 2 N–H and O–H groups in total. The highest BCUT2D eigenvalue weighted by Gasteiger charge is 2.14. The topological polar surface area (TPSA) is 42.9 Å². The van der Waals surface area contributed by atoms with E-state index in [1.807, 2.05) is 7.05 Å². The van der Waals surface area contributed by atoms with E-state index in [1.165, 1.54) is 49.4 Å². The Hall–Kier alpha value is -0.860. The number of benzene rings is 1. The van der Waals surface area contributed by atoms with Crippen molar-refractivity contribution in [2.45, 2.75) is 27.3 Å². The van der Waals surface area contributed by atoms with E-state index in [1.54, 1.807) is 0 Å². The second-order valence-electron chi connectivity index (χ2n) is 6.56. The molecule has 6 heteroatoms. The van der Waals surface area contributed by atoms with Crippen LogP contribution < -0.4 is 10.6 Å². The fraction of sp³-hybridized carbons (Fsp3) is 0.632. The normalized spacial score (nSPS) is 16.4. The number of hydrogen-bond acceptors (Lipinski definition) is 3. The first-order valence-electron chi connectivity index (χ1n) is 9.07. The van der Waals surface area contributed by atoms with Gasteiger partial charge in [0.2, 0.25) is 0 Å². The maximum absolute atomic E-state index is 4.33. The van der Waals surface area contributed by atoms with Gasteiger partial charge < -0.3 is 15.5 Å². The molecule has 1 saturated heterocycles. The SMILES string of the molecule is CCN1CCN(CCNC(=NC)NCc2ccc(C)cc2C)CC1.I. The highest BCUT2D eigenvalue weighted by atomic mass is 127. The second kappa shape index (κ2) is 11.7. The van der Waals surface area contributed by atoms with Crippen molar-refractivity contribution in [3.8, 4) is 0 Å². The first-order valence-corrected chi connectivity index (χ1v) is 9.07. The Kier molecular flexibility index (Phi) is 10.4. The summed E-state index contributed by atoms with van der Waals surface area (Å²) in [6.45, 7) is 15.2. The monoisotopic (exact) mass is 459 g/mol. The van der Waals surface area contributed by atoms with E-state index in [0.717, 1.165) is 25.6 Å². The summed E-state index contributed by atoms with van der Waals surface area (Å²) in [5, 5.41) is 6.84. The molecule has 1 aliphatic heterocycles. The van der Waals surface area contributed by atoms with E-state index >= 15 is 0 Å². The number of guanidine groups is 1. The average Bonchev–Trinajstić information content (AvgIpc) is 2.59. The summed E-state index contributed by atoms with van der Waals surface area (Å²) in [4.78, 5) is 9.36. The molecule has 1 fully saturated rings. The maximum atomic E-state index is 4.33. The van der Waals surface area contributed by atoms with Crippen LogP contribution in [0.5, 0.6) is 0 Å². The first kappa shape index (κ1) is 22.2. The molecular weight excluding hydrogens is 425 g/mol. The molecule has 0 saturated carbocycles. The lowest BCUT2D eigenvalue weighted by molar-refractivity contribution is 0.139. The number of hydrogen-bond donors (Lipinski definition) is 2. The lowest BCUT2D eigenvalue weighted by Gasteiger charge is -2.34. The number of aryl methyl sites for hydroxylation is 2. The molecule has 0 atom stereocenters. The van der Waals surface area contributed by atoms with Crippen LogP contribution in [0.2, 0.25) is 0 Å². The summed E-state index contributed by atoms with van der Waals surface area (Å²) in [5.74, 6) is 0.877. The first-order chi connectivity index (χ1) is 11.6. The van der Waals surface area contributed by atoms with Crippen LogP contribution in [-0.2, 0) is 6.54 Å². The molecule has 142 valence electrons. The predicted molar refractivity (Wildman–Crippen MR) is 118 cm³/mol. The van der Waals surface area contributed by atoms with Gasteiger partial charge in [0.1, 0.15) is 0 Å². The third kappa shape index (κ3) is 7.50. The van der Waals surface area contributed by atoms with Gasteiger partial charge in [-0.2, -0.15) is 0 Å². The minimum atomic E-state index is 0. The Bertz CT molecular complexity index is 539. The van der Waals surface area contributed by atoms with E-state index < -0.39 is 0 Å². The van der Waals surface area contributed by atoms with Crippen LogP contribution in [0.4, 0.5) is 0 Å². The number of aliphatic imine (C=N–C) groups is 1. The van der Waals surface area contributed by atoms with Crippen LogP contribution in [0.1, 0.15) is 23.6 Å². The van der Waals surface area contributed by atoms with Gasteiger partial charge in [-0.25, -0.2) is 0 Å². The quantitative estimate of drug-likeness (QED) is 0.389. The average molecular weight is 459 g/mol. The summed E-state index contributed by atoms with van der Waals surface area (Å²) in [7, 11) is 1.83. The molecule has 0 aliphatic carbocycles. The molecule has 0 unspecified atom stereocenters. The van der Waals surface area contributed by atoms with Crippen molar-refractivity contribution >= 4 is 29.9 Å². The van der Waals surface area contributed by atoms with E-state index in [4.69, 9.17) is 0 Å². The third-order valence-corrected chi connectivity index (χ3v) is 4.80. The van der Waals surface area contributed by atoms with Gasteiger partial charge in [0, 0.05) is 52.9 Å². The van der Waals surface area contributed by atoms with Gasteiger partial charge in [-0.3, -0.25) is 9.89 Å². The van der Waals surface area contributed by atoms with Crippen LogP contribution in [0.15, 0.2) is 23.2 Å². The van der Waals surface area contributed by atoms with Gasteiger partial charge in [0.25, 0.3) is 0 Å².